The number of aromatic nitrogens is 2. The standard InChI is InChI=1S/C20H23N3O2S/c1-24-16-7-5-15(6-8-16)17-12-26-20-18(17)19(22-13-23-20)21-9-2-10-25-11-14-3-4-14/h5-8,12-14H,2-4,9-11H2,1H3,(H,21,22,23). The molecule has 0 saturated heterocycles. The molecule has 2 heterocycles. The Morgan fingerprint density at radius 3 is 2.81 bits per heavy atom. The van der Waals surface area contributed by atoms with Crippen LogP contribution in [-0.2, 0) is 4.74 Å². The number of benzene rings is 1. The zero-order chi connectivity index (χ0) is 17.8. The monoisotopic (exact) mass is 369 g/mol. The van der Waals surface area contributed by atoms with Gasteiger partial charge in [-0.3, -0.25) is 0 Å². The summed E-state index contributed by atoms with van der Waals surface area (Å²) < 4.78 is 11.0. The number of hydrogen-bond acceptors (Lipinski definition) is 6. The van der Waals surface area contributed by atoms with Crippen LogP contribution in [0.5, 0.6) is 5.75 Å². The van der Waals surface area contributed by atoms with Crippen LogP contribution in [0.4, 0.5) is 5.82 Å². The first kappa shape index (κ1) is 17.2. The lowest BCUT2D eigenvalue weighted by atomic mass is 10.1. The molecule has 0 aliphatic heterocycles. The zero-order valence-electron chi connectivity index (χ0n) is 14.9. The minimum absolute atomic E-state index is 0.798. The Balaban J connectivity index is 1.46. The minimum atomic E-state index is 0.798. The predicted octanol–water partition coefficient (Wildman–Crippen LogP) is 4.60. The summed E-state index contributed by atoms with van der Waals surface area (Å²) in [5.74, 6) is 2.57. The third-order valence-electron chi connectivity index (χ3n) is 4.58. The van der Waals surface area contributed by atoms with E-state index in [0.717, 1.165) is 65.0 Å². The number of nitrogens with zero attached hydrogens (tertiary/aromatic N) is 2. The van der Waals surface area contributed by atoms with E-state index in [0.29, 0.717) is 0 Å². The summed E-state index contributed by atoms with van der Waals surface area (Å²) >= 11 is 1.64. The molecule has 5 nitrogen and oxygen atoms in total. The number of ether oxygens (including phenoxy) is 2. The summed E-state index contributed by atoms with van der Waals surface area (Å²) in [6.07, 6.45) is 5.27. The average Bonchev–Trinajstić information content (AvgIpc) is 3.41. The van der Waals surface area contributed by atoms with E-state index in [4.69, 9.17) is 9.47 Å². The van der Waals surface area contributed by atoms with Gasteiger partial charge < -0.3 is 14.8 Å². The van der Waals surface area contributed by atoms with Crippen LogP contribution in [0.15, 0.2) is 36.0 Å². The summed E-state index contributed by atoms with van der Waals surface area (Å²) in [5.41, 5.74) is 2.29. The lowest BCUT2D eigenvalue weighted by Gasteiger charge is -2.09. The average molecular weight is 369 g/mol. The molecule has 1 aliphatic carbocycles. The van der Waals surface area contributed by atoms with Crippen molar-refractivity contribution in [3.05, 3.63) is 36.0 Å². The van der Waals surface area contributed by atoms with Crippen LogP contribution in [0, 0.1) is 5.92 Å². The maximum absolute atomic E-state index is 5.70. The van der Waals surface area contributed by atoms with Gasteiger partial charge in [0.25, 0.3) is 0 Å². The van der Waals surface area contributed by atoms with Crippen LogP contribution in [0.25, 0.3) is 21.3 Å². The second kappa shape index (κ2) is 8.01. The van der Waals surface area contributed by atoms with E-state index in [1.807, 2.05) is 12.1 Å². The summed E-state index contributed by atoms with van der Waals surface area (Å²) in [5, 5.41) is 6.69. The maximum Gasteiger partial charge on any atom is 0.138 e. The molecule has 6 heteroatoms. The van der Waals surface area contributed by atoms with Crippen molar-refractivity contribution in [2.75, 3.05) is 32.2 Å². The number of anilines is 1. The SMILES string of the molecule is COc1ccc(-c2csc3ncnc(NCCCOCC4CC4)c23)cc1. The van der Waals surface area contributed by atoms with Gasteiger partial charge in [-0.1, -0.05) is 12.1 Å². The highest BCUT2D eigenvalue weighted by atomic mass is 32.1. The maximum atomic E-state index is 5.70. The molecule has 0 unspecified atom stereocenters. The van der Waals surface area contributed by atoms with Crippen LogP contribution >= 0.6 is 11.3 Å². The van der Waals surface area contributed by atoms with E-state index in [1.54, 1.807) is 24.8 Å². The number of thiophene rings is 1. The minimum Gasteiger partial charge on any atom is -0.497 e. The molecule has 3 aromatic rings. The first-order valence-corrected chi connectivity index (χ1v) is 9.91. The number of nitrogens with one attached hydrogen (secondary N) is 1. The summed E-state index contributed by atoms with van der Waals surface area (Å²) in [6, 6.07) is 8.10. The van der Waals surface area contributed by atoms with Gasteiger partial charge in [-0.15, -0.1) is 11.3 Å². The second-order valence-corrected chi connectivity index (χ2v) is 7.44. The Labute approximate surface area is 157 Å². The first-order valence-electron chi connectivity index (χ1n) is 9.03. The van der Waals surface area contributed by atoms with E-state index in [2.05, 4.69) is 32.8 Å². The molecule has 1 N–H and O–H groups in total. The second-order valence-electron chi connectivity index (χ2n) is 6.58. The van der Waals surface area contributed by atoms with Crippen molar-refractivity contribution in [1.82, 2.24) is 9.97 Å². The Morgan fingerprint density at radius 2 is 2.04 bits per heavy atom. The third-order valence-corrected chi connectivity index (χ3v) is 5.47. The Kier molecular flexibility index (Phi) is 5.32. The fourth-order valence-electron chi connectivity index (χ4n) is 2.91. The van der Waals surface area contributed by atoms with Gasteiger partial charge in [0.05, 0.1) is 12.5 Å². The Hall–Kier alpha value is -2.18. The molecule has 0 radical (unpaired) electrons. The molecule has 1 aromatic carbocycles. The third kappa shape index (κ3) is 3.97. The molecule has 0 spiro atoms. The van der Waals surface area contributed by atoms with Gasteiger partial charge >= 0.3 is 0 Å². The topological polar surface area (TPSA) is 56.3 Å². The highest BCUT2D eigenvalue weighted by Crippen LogP contribution is 2.37. The molecule has 0 bridgehead atoms. The number of hydrogen-bond donors (Lipinski definition) is 1. The van der Waals surface area contributed by atoms with Gasteiger partial charge in [0.15, 0.2) is 0 Å². The molecule has 26 heavy (non-hydrogen) atoms. The highest BCUT2D eigenvalue weighted by Gasteiger charge is 2.20. The normalized spacial score (nSPS) is 13.9. The Bertz CT molecular complexity index is 859. The van der Waals surface area contributed by atoms with E-state index in [-0.39, 0.29) is 0 Å². The van der Waals surface area contributed by atoms with Gasteiger partial charge in [-0.05, 0) is 42.9 Å². The van der Waals surface area contributed by atoms with Crippen molar-refractivity contribution in [2.24, 2.45) is 5.92 Å². The van der Waals surface area contributed by atoms with Gasteiger partial charge in [-0.25, -0.2) is 9.97 Å². The number of methoxy groups -OCH3 is 1. The predicted molar refractivity (Wildman–Crippen MR) is 106 cm³/mol. The van der Waals surface area contributed by atoms with E-state index in [9.17, 15) is 0 Å². The van der Waals surface area contributed by atoms with Crippen molar-refractivity contribution in [1.29, 1.82) is 0 Å². The molecule has 2 aromatic heterocycles. The van der Waals surface area contributed by atoms with Crippen LogP contribution in [0.1, 0.15) is 19.3 Å². The lowest BCUT2D eigenvalue weighted by Crippen LogP contribution is -2.08. The zero-order valence-corrected chi connectivity index (χ0v) is 15.7. The van der Waals surface area contributed by atoms with Gasteiger partial charge in [0.1, 0.15) is 22.7 Å². The number of rotatable bonds is 9. The van der Waals surface area contributed by atoms with E-state index >= 15 is 0 Å². The van der Waals surface area contributed by atoms with E-state index in [1.165, 1.54) is 12.8 Å². The molecule has 4 rings (SSSR count). The van der Waals surface area contributed by atoms with Crippen molar-refractivity contribution < 1.29 is 9.47 Å². The first-order chi connectivity index (χ1) is 12.8. The van der Waals surface area contributed by atoms with Gasteiger partial charge in [0, 0.05) is 30.7 Å². The molecule has 136 valence electrons. The molecule has 1 aliphatic rings. The molecular formula is C20H23N3O2S. The van der Waals surface area contributed by atoms with Crippen LogP contribution in [0.2, 0.25) is 0 Å². The fourth-order valence-corrected chi connectivity index (χ4v) is 3.82. The molecule has 1 fully saturated rings. The van der Waals surface area contributed by atoms with Gasteiger partial charge in [-0.2, -0.15) is 0 Å². The van der Waals surface area contributed by atoms with Gasteiger partial charge in [0.2, 0.25) is 0 Å². The van der Waals surface area contributed by atoms with Crippen LogP contribution in [0.3, 0.4) is 0 Å². The molecule has 0 amide bonds. The van der Waals surface area contributed by atoms with E-state index < -0.39 is 0 Å². The molecule has 0 atom stereocenters. The highest BCUT2D eigenvalue weighted by molar-refractivity contribution is 7.17. The van der Waals surface area contributed by atoms with Crippen molar-refractivity contribution in [3.8, 4) is 16.9 Å². The lowest BCUT2D eigenvalue weighted by molar-refractivity contribution is 0.124. The quantitative estimate of drug-likeness (QED) is 0.559. The Morgan fingerprint density at radius 1 is 1.19 bits per heavy atom. The molecule has 1 saturated carbocycles. The van der Waals surface area contributed by atoms with Crippen molar-refractivity contribution in [2.45, 2.75) is 19.3 Å². The smallest absolute Gasteiger partial charge is 0.138 e. The summed E-state index contributed by atoms with van der Waals surface area (Å²) in [4.78, 5) is 9.90. The van der Waals surface area contributed by atoms with Crippen molar-refractivity contribution >= 4 is 27.4 Å². The fraction of sp³-hybridized carbons (Fsp3) is 0.400. The summed E-state index contributed by atoms with van der Waals surface area (Å²) in [6.45, 7) is 2.56. The van der Waals surface area contributed by atoms with Crippen molar-refractivity contribution in [3.63, 3.8) is 0 Å². The largest absolute Gasteiger partial charge is 0.497 e. The number of fused-ring (bicyclic) bond motifs is 1. The summed E-state index contributed by atoms with van der Waals surface area (Å²) in [7, 11) is 1.68. The molecular weight excluding hydrogens is 346 g/mol. The van der Waals surface area contributed by atoms with Crippen LogP contribution < -0.4 is 10.1 Å². The van der Waals surface area contributed by atoms with Crippen LogP contribution in [-0.4, -0.2) is 36.8 Å².